The second kappa shape index (κ2) is 35.0. The van der Waals surface area contributed by atoms with Crippen molar-refractivity contribution < 1.29 is 50.7 Å². The zero-order valence-corrected chi connectivity index (χ0v) is 30.8. The predicted molar refractivity (Wildman–Crippen MR) is 158 cm³/mol. The molecule has 12 heteroatoms. The molecule has 0 atom stereocenters. The van der Waals surface area contributed by atoms with Crippen LogP contribution in [0, 0.1) is 6.65 Å². The maximum atomic E-state index is 7.50. The Labute approximate surface area is 280 Å². The van der Waals surface area contributed by atoms with Crippen molar-refractivity contribution in [3.05, 3.63) is 37.0 Å². The Morgan fingerprint density at radius 1 is 0.917 bits per heavy atom. The molecule has 2 N–H and O–H groups in total. The van der Waals surface area contributed by atoms with Crippen molar-refractivity contribution in [1.29, 1.82) is 0 Å². The molecule has 0 radical (unpaired) electrons. The molecule has 0 heterocycles. The van der Waals surface area contributed by atoms with Gasteiger partial charge in [-0.15, -0.1) is 6.34 Å². The number of hydrogen-bond acceptors (Lipinski definition) is 0. The molecule has 0 spiro atoms. The topological polar surface area (TPSA) is 45.9 Å². The molecule has 1 aromatic carbocycles. The summed E-state index contributed by atoms with van der Waals surface area (Å²) in [6, 6.07) is 10.0. The van der Waals surface area contributed by atoms with Crippen molar-refractivity contribution in [3.8, 4) is 0 Å². The van der Waals surface area contributed by atoms with E-state index in [0.29, 0.717) is 10.3 Å². The molecule has 1 aromatic rings. The minimum Gasteiger partial charge on any atom is -1.00 e. The summed E-state index contributed by atoms with van der Waals surface area (Å²) in [4.78, 5) is 3.25. The molecule has 0 aliphatic carbocycles. The van der Waals surface area contributed by atoms with Gasteiger partial charge in [0, 0.05) is 0 Å². The Balaban J connectivity index is -0.000000108. The van der Waals surface area contributed by atoms with Crippen LogP contribution in [-0.2, 0) is 21.7 Å². The molecule has 3 nitrogen and oxygen atoms in total. The largest absolute Gasteiger partial charge is 2.00 e. The fourth-order valence-electron chi connectivity index (χ4n) is 2.78. The van der Waals surface area contributed by atoms with Gasteiger partial charge in [-0.25, -0.2) is 12.1 Å². The van der Waals surface area contributed by atoms with Gasteiger partial charge in [-0.1, -0.05) is 132 Å². The van der Waals surface area contributed by atoms with Crippen molar-refractivity contribution in [3.63, 3.8) is 0 Å². The maximum absolute atomic E-state index is 7.50. The first kappa shape index (κ1) is 50.8. The fourth-order valence-corrected chi connectivity index (χ4v) is 6.60. The predicted octanol–water partition coefficient (Wildman–Crippen LogP) is 5.17. The van der Waals surface area contributed by atoms with Crippen LogP contribution in [0.2, 0.25) is 0 Å². The van der Waals surface area contributed by atoms with Crippen molar-refractivity contribution in [1.82, 2.24) is 5.32 Å². The van der Waals surface area contributed by atoms with E-state index in [2.05, 4.69) is 71.8 Å². The average molecular weight is 801 g/mol. The van der Waals surface area contributed by atoms with E-state index in [4.69, 9.17) is 74.3 Å². The van der Waals surface area contributed by atoms with Gasteiger partial charge in [-0.2, -0.15) is 18.2 Å². The Hall–Kier alpha value is 1.98. The third-order valence-electron chi connectivity index (χ3n) is 3.69. The summed E-state index contributed by atoms with van der Waals surface area (Å²) in [7, 11) is 0.0388. The van der Waals surface area contributed by atoms with Crippen molar-refractivity contribution in [2.75, 3.05) is 19.3 Å². The van der Waals surface area contributed by atoms with Crippen LogP contribution in [0.3, 0.4) is 0 Å². The van der Waals surface area contributed by atoms with E-state index in [-0.39, 0.29) is 49.0 Å². The van der Waals surface area contributed by atoms with Gasteiger partial charge in [0.1, 0.15) is 0 Å². The summed E-state index contributed by atoms with van der Waals surface area (Å²) < 4.78 is 6.00. The van der Waals surface area contributed by atoms with Crippen LogP contribution >= 0.6 is 77.5 Å². The molecular weight excluding hydrogens is 759 g/mol. The molecule has 1 rings (SSSR count). The number of alkyl halides is 6. The van der Waals surface area contributed by atoms with Gasteiger partial charge >= 0.3 is 28.4 Å². The van der Waals surface area contributed by atoms with Crippen LogP contribution in [0.15, 0.2) is 30.3 Å². The zero-order valence-electron chi connectivity index (χ0n) is 22.1. The van der Waals surface area contributed by atoms with E-state index in [9.17, 15) is 0 Å². The van der Waals surface area contributed by atoms with Crippen molar-refractivity contribution in [2.45, 2.75) is 86.6 Å². The minimum atomic E-state index is -0.750. The molecule has 0 unspecified atom stereocenters. The first-order valence-corrected chi connectivity index (χ1v) is 15.0. The van der Waals surface area contributed by atoms with Crippen LogP contribution in [0.25, 0.3) is 0 Å². The van der Waals surface area contributed by atoms with Crippen LogP contribution in [0.1, 0.15) is 67.7 Å². The summed E-state index contributed by atoms with van der Waals surface area (Å²) in [5.41, 5.74) is 0. The van der Waals surface area contributed by atoms with E-state index in [0.717, 1.165) is 13.1 Å². The summed E-state index contributed by atoms with van der Waals surface area (Å²) in [5.74, 6) is 0. The van der Waals surface area contributed by atoms with E-state index in [1.807, 2.05) is 30.3 Å². The Morgan fingerprint density at radius 2 is 1.31 bits per heavy atom. The van der Waals surface area contributed by atoms with Gasteiger partial charge in [-0.05, 0) is 29.3 Å². The molecule has 0 bridgehead atoms. The van der Waals surface area contributed by atoms with Crippen LogP contribution < -0.4 is 34.3 Å². The van der Waals surface area contributed by atoms with Gasteiger partial charge in [0.25, 0.3) is 0 Å². The van der Waals surface area contributed by atoms with Gasteiger partial charge in [0.05, 0.1) is 13.1 Å². The summed E-state index contributed by atoms with van der Waals surface area (Å²) in [6.45, 7) is 23.1. The molecule has 0 aromatic heterocycles. The Morgan fingerprint density at radius 3 is 1.58 bits per heavy atom. The van der Waals surface area contributed by atoms with Gasteiger partial charge in [0.15, 0.2) is 8.59 Å². The zero-order chi connectivity index (χ0) is 27.6. The second-order valence-electron chi connectivity index (χ2n) is 8.64. The molecule has 36 heavy (non-hydrogen) atoms. The first-order valence-electron chi connectivity index (χ1n) is 10.9. The molecule has 0 amide bonds. The minimum absolute atomic E-state index is 0. The quantitative estimate of drug-likeness (QED) is 0.0358. The molecule has 0 aliphatic heterocycles. The summed E-state index contributed by atoms with van der Waals surface area (Å²) in [6.07, 6.45) is 8.11. The van der Waals surface area contributed by atoms with Gasteiger partial charge in [0.2, 0.25) is 0 Å². The standard InChI is InChI=1S/C16H35N2P.C5H5.2CHCl3.CO.Fe.HI/c1-8-9-11-17-14-18-12-10-13-19(15(2,3)4)16(5,6)7;1-2-4-5-3-1;2*2-1(3)4;1-2;;/h17-18H,8-13H2,1-7H3;1-5H;2*1H;;;1H/q;-1;;;;+2;/p-1. The van der Waals surface area contributed by atoms with E-state index < -0.39 is 8.59 Å². The van der Waals surface area contributed by atoms with Crippen LogP contribution in [-0.4, -0.2) is 44.5 Å². The number of nitrogens with one attached hydrogen (secondary N) is 2. The molecule has 0 fully saturated rings. The van der Waals surface area contributed by atoms with E-state index in [1.54, 1.807) is 0 Å². The van der Waals surface area contributed by atoms with E-state index in [1.165, 1.54) is 25.4 Å². The SMILES string of the molecule is CCCCN[C-]=[NH+]CCCP(C(C)(C)C)C(C)(C)C.ClC(Cl)Cl.ClC(Cl)Cl.[C-]#[O+].[Fe+2].[I-].c1cc[cH-]c1. The smallest absolute Gasteiger partial charge is 1.00 e. The maximum Gasteiger partial charge on any atom is 2.00 e. The normalized spacial score (nSPS) is 10.3. The Bertz CT molecular complexity index is 512. The monoisotopic (exact) mass is 798 g/mol. The summed E-state index contributed by atoms with van der Waals surface area (Å²) in [5, 5.41) is 4.07. The molecular formula is C24H42Cl6FeIN2OP. The number of unbranched alkanes of at least 4 members (excludes halogenated alkanes) is 1. The first-order chi connectivity index (χ1) is 15.7. The average Bonchev–Trinajstić information content (AvgIpc) is 3.25. The fraction of sp³-hybridized carbons (Fsp3) is 0.708. The van der Waals surface area contributed by atoms with Crippen molar-refractivity contribution in [2.24, 2.45) is 0 Å². The van der Waals surface area contributed by atoms with E-state index >= 15 is 0 Å². The van der Waals surface area contributed by atoms with Crippen LogP contribution in [0.5, 0.6) is 0 Å². The van der Waals surface area contributed by atoms with Gasteiger partial charge < -0.3 is 34.3 Å². The van der Waals surface area contributed by atoms with Crippen LogP contribution in [0.4, 0.5) is 0 Å². The number of rotatable bonds is 8. The number of halogens is 7. The third kappa shape index (κ3) is 52.4. The second-order valence-corrected chi connectivity index (χ2v) is 16.6. The molecule has 0 saturated heterocycles. The van der Waals surface area contributed by atoms with Gasteiger partial charge in [-0.3, -0.25) is 0 Å². The number of hydrogen-bond donors (Lipinski definition) is 2. The molecule has 0 saturated carbocycles. The molecule has 216 valence electrons. The third-order valence-corrected chi connectivity index (χ3v) is 7.69. The Kier molecular flexibility index (Phi) is 49.4. The van der Waals surface area contributed by atoms with Crippen molar-refractivity contribution >= 4 is 83.9 Å². The molecule has 0 aliphatic rings. The summed E-state index contributed by atoms with van der Waals surface area (Å²) >= 11 is 28.8.